The summed E-state index contributed by atoms with van der Waals surface area (Å²) in [6, 6.07) is 3.12. The van der Waals surface area contributed by atoms with Gasteiger partial charge in [-0.15, -0.1) is 11.3 Å². The Kier molecular flexibility index (Phi) is 0.881. The molecule has 0 atom stereocenters. The van der Waals surface area contributed by atoms with Crippen LogP contribution in [-0.4, -0.2) is 0 Å². The van der Waals surface area contributed by atoms with Crippen molar-refractivity contribution in [1.29, 1.82) is 0 Å². The monoisotopic (exact) mass is 102 g/mol. The van der Waals surface area contributed by atoms with Crippen LogP contribution in [-0.2, 0) is 0 Å². The average Bonchev–Trinajstić information content (AvgIpc) is 1.86. The molecule has 0 saturated heterocycles. The van der Waals surface area contributed by atoms with Gasteiger partial charge in [-0.2, -0.15) is 4.39 Å². The van der Waals surface area contributed by atoms with E-state index in [1.54, 1.807) is 11.4 Å². The summed E-state index contributed by atoms with van der Waals surface area (Å²) in [6.45, 7) is 0. The van der Waals surface area contributed by atoms with Gasteiger partial charge < -0.3 is 0 Å². The van der Waals surface area contributed by atoms with Gasteiger partial charge in [0.2, 0.25) is 0 Å². The molecule has 32 valence electrons. The van der Waals surface area contributed by atoms with E-state index in [1.807, 2.05) is 0 Å². The van der Waals surface area contributed by atoms with E-state index >= 15 is 0 Å². The molecular weight excluding hydrogens is 99.1 g/mol. The maximum atomic E-state index is 11.7. The van der Waals surface area contributed by atoms with Gasteiger partial charge in [0.05, 0.1) is 0 Å². The summed E-state index contributed by atoms with van der Waals surface area (Å²) in [7, 11) is 0. The minimum atomic E-state index is -0.116. The van der Waals surface area contributed by atoms with Crippen molar-refractivity contribution in [3.05, 3.63) is 22.6 Å². The van der Waals surface area contributed by atoms with Crippen molar-refractivity contribution in [2.24, 2.45) is 0 Å². The third-order valence-corrected chi connectivity index (χ3v) is 1.14. The van der Waals surface area contributed by atoms with Gasteiger partial charge in [0.25, 0.3) is 0 Å². The second kappa shape index (κ2) is 1.39. The lowest BCUT2D eigenvalue weighted by molar-refractivity contribution is 0.657. The molecule has 0 aliphatic carbocycles. The number of hydrogen-bond acceptors (Lipinski definition) is 1. The molecule has 2 heteroatoms. The Morgan fingerprint density at radius 1 is 1.67 bits per heavy atom. The molecule has 1 aromatic rings. The normalized spacial score (nSPS) is 8.83. The Labute approximate surface area is 39.2 Å². The largest absolute Gasteiger partial charge is 0.195 e. The topological polar surface area (TPSA) is 0 Å². The molecule has 0 amide bonds. The molecule has 0 N–H and O–H groups in total. The van der Waals surface area contributed by atoms with Crippen molar-refractivity contribution in [1.82, 2.24) is 0 Å². The lowest BCUT2D eigenvalue weighted by atomic mass is 10.7. The van der Waals surface area contributed by atoms with E-state index < -0.39 is 0 Å². The zero-order chi connectivity index (χ0) is 4.41. The Bertz CT molecular complexity index is 111. The smallest absolute Gasteiger partial charge is 0.176 e. The van der Waals surface area contributed by atoms with Crippen LogP contribution >= 0.6 is 11.3 Å². The van der Waals surface area contributed by atoms with Gasteiger partial charge in [0.15, 0.2) is 5.13 Å². The molecule has 0 nitrogen and oxygen atoms in total. The summed E-state index contributed by atoms with van der Waals surface area (Å²) >= 11 is 1.11. The molecular formula is C4H3FS. The SMILES string of the molecule is Fc1cccs1. The van der Waals surface area contributed by atoms with Crippen LogP contribution < -0.4 is 0 Å². The number of hydrogen-bond donors (Lipinski definition) is 0. The molecule has 6 heavy (non-hydrogen) atoms. The summed E-state index contributed by atoms with van der Waals surface area (Å²) in [5.74, 6) is 0. The average molecular weight is 102 g/mol. The second-order valence-corrected chi connectivity index (χ2v) is 1.82. The molecule has 1 aromatic heterocycles. The van der Waals surface area contributed by atoms with Crippen molar-refractivity contribution in [2.75, 3.05) is 0 Å². The van der Waals surface area contributed by atoms with Gasteiger partial charge in [0.1, 0.15) is 0 Å². The highest BCUT2D eigenvalue weighted by molar-refractivity contribution is 7.08. The number of halogens is 1. The van der Waals surface area contributed by atoms with Gasteiger partial charge in [-0.3, -0.25) is 0 Å². The van der Waals surface area contributed by atoms with Crippen LogP contribution in [0.25, 0.3) is 0 Å². The van der Waals surface area contributed by atoms with E-state index in [0.717, 1.165) is 11.3 Å². The lowest BCUT2D eigenvalue weighted by Gasteiger charge is -1.60. The molecule has 0 aliphatic heterocycles. The Morgan fingerprint density at radius 3 is 2.67 bits per heavy atom. The predicted molar refractivity (Wildman–Crippen MR) is 24.3 cm³/mol. The summed E-state index contributed by atoms with van der Waals surface area (Å²) in [5, 5.41) is 1.59. The molecule has 1 rings (SSSR count). The highest BCUT2D eigenvalue weighted by Crippen LogP contribution is 2.02. The highest BCUT2D eigenvalue weighted by Gasteiger charge is 1.80. The van der Waals surface area contributed by atoms with E-state index in [9.17, 15) is 4.39 Å². The van der Waals surface area contributed by atoms with E-state index in [0.29, 0.717) is 0 Å². The fraction of sp³-hybridized carbons (Fsp3) is 0. The Morgan fingerprint density at radius 2 is 2.50 bits per heavy atom. The minimum Gasteiger partial charge on any atom is -0.195 e. The van der Waals surface area contributed by atoms with Crippen LogP contribution in [0.4, 0.5) is 4.39 Å². The van der Waals surface area contributed by atoms with Crippen LogP contribution in [0.5, 0.6) is 0 Å². The van der Waals surface area contributed by atoms with Crippen LogP contribution in [0.1, 0.15) is 0 Å². The minimum absolute atomic E-state index is 0.116. The molecule has 0 aliphatic rings. The van der Waals surface area contributed by atoms with Gasteiger partial charge in [-0.05, 0) is 17.5 Å². The van der Waals surface area contributed by atoms with Gasteiger partial charge in [-0.25, -0.2) is 0 Å². The first kappa shape index (κ1) is 3.81. The van der Waals surface area contributed by atoms with Gasteiger partial charge >= 0.3 is 0 Å². The standard InChI is InChI=1S/C4H3FS/c5-4-2-1-3-6-4/h1-3H. The second-order valence-electron chi connectivity index (χ2n) is 0.917. The lowest BCUT2D eigenvalue weighted by Crippen LogP contribution is -1.43. The number of rotatable bonds is 0. The van der Waals surface area contributed by atoms with Crippen molar-refractivity contribution in [3.63, 3.8) is 0 Å². The maximum absolute atomic E-state index is 11.7. The van der Waals surface area contributed by atoms with Gasteiger partial charge in [-0.1, -0.05) is 0 Å². The Hall–Kier alpha value is -0.370. The molecule has 0 bridgehead atoms. The van der Waals surface area contributed by atoms with Crippen LogP contribution in [0.15, 0.2) is 17.5 Å². The molecule has 0 aromatic carbocycles. The zero-order valence-corrected chi connectivity index (χ0v) is 3.83. The molecule has 0 saturated carbocycles. The quantitative estimate of drug-likeness (QED) is 0.469. The van der Waals surface area contributed by atoms with Crippen LogP contribution in [0, 0.1) is 5.13 Å². The maximum Gasteiger partial charge on any atom is 0.176 e. The van der Waals surface area contributed by atoms with Crippen molar-refractivity contribution in [3.8, 4) is 0 Å². The predicted octanol–water partition coefficient (Wildman–Crippen LogP) is 1.89. The molecule has 0 spiro atoms. The van der Waals surface area contributed by atoms with E-state index in [4.69, 9.17) is 0 Å². The number of thiophene rings is 1. The summed E-state index contributed by atoms with van der Waals surface area (Å²) in [6.07, 6.45) is 0. The fourth-order valence-corrected chi connectivity index (χ4v) is 0.703. The molecule has 0 unspecified atom stereocenters. The highest BCUT2D eigenvalue weighted by atomic mass is 32.1. The molecule has 0 fully saturated rings. The summed E-state index contributed by atoms with van der Waals surface area (Å²) in [4.78, 5) is 0. The molecule has 0 radical (unpaired) electrons. The van der Waals surface area contributed by atoms with Crippen LogP contribution in [0.2, 0.25) is 0 Å². The zero-order valence-electron chi connectivity index (χ0n) is 3.02. The first-order valence-corrected chi connectivity index (χ1v) is 2.46. The third-order valence-electron chi connectivity index (χ3n) is 0.486. The summed E-state index contributed by atoms with van der Waals surface area (Å²) in [5.41, 5.74) is 0. The fourth-order valence-electron chi connectivity index (χ4n) is 0.259. The third kappa shape index (κ3) is 0.571. The first-order chi connectivity index (χ1) is 2.89. The van der Waals surface area contributed by atoms with Crippen LogP contribution in [0.3, 0.4) is 0 Å². The first-order valence-electron chi connectivity index (χ1n) is 1.58. The molecule has 1 heterocycles. The van der Waals surface area contributed by atoms with Crippen molar-refractivity contribution in [2.45, 2.75) is 0 Å². The summed E-state index contributed by atoms with van der Waals surface area (Å²) < 4.78 is 11.7. The van der Waals surface area contributed by atoms with Gasteiger partial charge in [0, 0.05) is 0 Å². The van der Waals surface area contributed by atoms with E-state index in [-0.39, 0.29) is 5.13 Å². The van der Waals surface area contributed by atoms with E-state index in [1.165, 1.54) is 6.07 Å². The van der Waals surface area contributed by atoms with Crippen molar-refractivity contribution >= 4 is 11.3 Å². The Balaban J connectivity index is 3.05. The van der Waals surface area contributed by atoms with E-state index in [2.05, 4.69) is 0 Å². The van der Waals surface area contributed by atoms with Crippen molar-refractivity contribution < 1.29 is 4.39 Å².